The first kappa shape index (κ1) is 11.5. The number of amides is 1. The van der Waals surface area contributed by atoms with Gasteiger partial charge in [-0.1, -0.05) is 0 Å². The van der Waals surface area contributed by atoms with E-state index < -0.39 is 0 Å². The Kier molecular flexibility index (Phi) is 2.49. The molecule has 1 amide bonds. The Morgan fingerprint density at radius 3 is 3.26 bits per heavy atom. The van der Waals surface area contributed by atoms with E-state index in [1.165, 1.54) is 5.56 Å². The van der Waals surface area contributed by atoms with Crippen molar-refractivity contribution in [3.8, 4) is 0 Å². The van der Waals surface area contributed by atoms with Crippen molar-refractivity contribution in [3.63, 3.8) is 0 Å². The summed E-state index contributed by atoms with van der Waals surface area (Å²) in [7, 11) is 0. The van der Waals surface area contributed by atoms with E-state index in [4.69, 9.17) is 9.15 Å². The van der Waals surface area contributed by atoms with Crippen molar-refractivity contribution in [2.45, 2.75) is 32.2 Å². The topological polar surface area (TPSA) is 42.7 Å². The van der Waals surface area contributed by atoms with Crippen LogP contribution in [0.15, 0.2) is 16.7 Å². The zero-order valence-corrected chi connectivity index (χ0v) is 11.1. The van der Waals surface area contributed by atoms with Gasteiger partial charge in [0.25, 0.3) is 0 Å². The van der Waals surface area contributed by atoms with E-state index in [0.717, 1.165) is 57.7 Å². The molecule has 3 heterocycles. The molecule has 1 aromatic rings. The molecule has 4 rings (SSSR count). The fourth-order valence-corrected chi connectivity index (χ4v) is 3.61. The van der Waals surface area contributed by atoms with E-state index >= 15 is 0 Å². The molecule has 0 aromatic carbocycles. The summed E-state index contributed by atoms with van der Waals surface area (Å²) in [6, 6.07) is 2.00. The quantitative estimate of drug-likeness (QED) is 0.776. The number of hydrogen-bond acceptors (Lipinski definition) is 3. The maximum atomic E-state index is 12.6. The van der Waals surface area contributed by atoms with Crippen molar-refractivity contribution in [2.75, 3.05) is 19.8 Å². The smallest absolute Gasteiger partial charge is 0.226 e. The average molecular weight is 261 g/mol. The van der Waals surface area contributed by atoms with Gasteiger partial charge in [-0.15, -0.1) is 0 Å². The summed E-state index contributed by atoms with van der Waals surface area (Å²) in [5.41, 5.74) is 1.38. The van der Waals surface area contributed by atoms with Crippen molar-refractivity contribution in [2.24, 2.45) is 11.3 Å². The summed E-state index contributed by atoms with van der Waals surface area (Å²) in [5, 5.41) is 0. The SMILES string of the molecule is O=C(C1CC12CCOC2)N1CCCc2occc2C1. The molecule has 3 aliphatic rings. The van der Waals surface area contributed by atoms with Crippen LogP contribution in [0.2, 0.25) is 0 Å². The molecular formula is C15H19NO3. The fourth-order valence-electron chi connectivity index (χ4n) is 3.61. The Hall–Kier alpha value is -1.29. The summed E-state index contributed by atoms with van der Waals surface area (Å²) in [6.45, 7) is 3.19. The van der Waals surface area contributed by atoms with Gasteiger partial charge in [0.2, 0.25) is 5.91 Å². The van der Waals surface area contributed by atoms with Gasteiger partial charge in [-0.3, -0.25) is 4.79 Å². The Bertz CT molecular complexity index is 501. The van der Waals surface area contributed by atoms with Crippen LogP contribution in [0.1, 0.15) is 30.6 Å². The van der Waals surface area contributed by atoms with E-state index in [-0.39, 0.29) is 11.3 Å². The lowest BCUT2D eigenvalue weighted by Gasteiger charge is -2.21. The third kappa shape index (κ3) is 1.81. The average Bonchev–Trinajstić information content (AvgIpc) is 2.73. The van der Waals surface area contributed by atoms with Gasteiger partial charge in [0.05, 0.1) is 12.9 Å². The van der Waals surface area contributed by atoms with Crippen molar-refractivity contribution in [1.29, 1.82) is 0 Å². The predicted octanol–water partition coefficient (Wildman–Crippen LogP) is 1.98. The highest BCUT2D eigenvalue weighted by Crippen LogP contribution is 2.58. The number of aryl methyl sites for hydroxylation is 1. The van der Waals surface area contributed by atoms with E-state index in [9.17, 15) is 4.79 Å². The second-order valence-electron chi connectivity index (χ2n) is 6.15. The monoisotopic (exact) mass is 261 g/mol. The van der Waals surface area contributed by atoms with Gasteiger partial charge in [-0.25, -0.2) is 0 Å². The standard InChI is InChI=1S/C15H19NO3/c17-14(12-8-15(12)4-7-18-10-15)16-5-1-2-13-11(9-16)3-6-19-13/h3,6,12H,1-2,4-5,7-10H2. The van der Waals surface area contributed by atoms with Crippen molar-refractivity contribution >= 4 is 5.91 Å². The van der Waals surface area contributed by atoms with Gasteiger partial charge in [0.1, 0.15) is 5.76 Å². The number of rotatable bonds is 1. The van der Waals surface area contributed by atoms with Gasteiger partial charge < -0.3 is 14.1 Å². The highest BCUT2D eigenvalue weighted by molar-refractivity contribution is 5.83. The number of ether oxygens (including phenoxy) is 1. The molecule has 0 N–H and O–H groups in total. The molecule has 102 valence electrons. The first-order valence-corrected chi connectivity index (χ1v) is 7.20. The molecule has 1 saturated carbocycles. The van der Waals surface area contributed by atoms with Crippen LogP contribution in [0, 0.1) is 11.3 Å². The minimum atomic E-state index is 0.197. The zero-order chi connectivity index (χ0) is 12.9. The lowest BCUT2D eigenvalue weighted by atomic mass is 10.0. The van der Waals surface area contributed by atoms with E-state index in [2.05, 4.69) is 0 Å². The van der Waals surface area contributed by atoms with Crippen molar-refractivity contribution < 1.29 is 13.9 Å². The van der Waals surface area contributed by atoms with Gasteiger partial charge in [-0.05, 0) is 25.3 Å². The molecule has 2 atom stereocenters. The number of fused-ring (bicyclic) bond motifs is 1. The second kappa shape index (κ2) is 4.10. The molecule has 4 nitrogen and oxygen atoms in total. The number of nitrogens with zero attached hydrogens (tertiary/aromatic N) is 1. The van der Waals surface area contributed by atoms with Crippen LogP contribution >= 0.6 is 0 Å². The molecule has 0 radical (unpaired) electrons. The lowest BCUT2D eigenvalue weighted by Crippen LogP contribution is -2.33. The van der Waals surface area contributed by atoms with Crippen LogP contribution in [-0.4, -0.2) is 30.6 Å². The number of carbonyl (C=O) groups is 1. The Morgan fingerprint density at radius 2 is 2.42 bits per heavy atom. The maximum Gasteiger partial charge on any atom is 0.226 e. The zero-order valence-electron chi connectivity index (χ0n) is 11.1. The summed E-state index contributed by atoms with van der Waals surface area (Å²) < 4.78 is 10.9. The minimum Gasteiger partial charge on any atom is -0.469 e. The van der Waals surface area contributed by atoms with Crippen LogP contribution in [-0.2, 0) is 22.5 Å². The molecule has 2 fully saturated rings. The normalized spacial score (nSPS) is 33.3. The van der Waals surface area contributed by atoms with Crippen LogP contribution in [0.25, 0.3) is 0 Å². The molecule has 1 aliphatic carbocycles. The van der Waals surface area contributed by atoms with E-state index in [0.29, 0.717) is 5.91 Å². The third-order valence-corrected chi connectivity index (χ3v) is 4.96. The molecular weight excluding hydrogens is 242 g/mol. The van der Waals surface area contributed by atoms with Crippen LogP contribution in [0.5, 0.6) is 0 Å². The molecule has 2 unspecified atom stereocenters. The van der Waals surface area contributed by atoms with Crippen LogP contribution in [0.3, 0.4) is 0 Å². The first-order valence-electron chi connectivity index (χ1n) is 7.20. The second-order valence-corrected chi connectivity index (χ2v) is 6.15. The molecule has 1 saturated heterocycles. The van der Waals surface area contributed by atoms with Crippen molar-refractivity contribution in [3.05, 3.63) is 23.7 Å². The minimum absolute atomic E-state index is 0.197. The molecule has 0 bridgehead atoms. The van der Waals surface area contributed by atoms with Gasteiger partial charge in [-0.2, -0.15) is 0 Å². The van der Waals surface area contributed by atoms with Crippen LogP contribution in [0.4, 0.5) is 0 Å². The summed E-state index contributed by atoms with van der Waals surface area (Å²) in [5.74, 6) is 1.60. The van der Waals surface area contributed by atoms with E-state index in [1.807, 2.05) is 11.0 Å². The first-order chi connectivity index (χ1) is 9.28. The van der Waals surface area contributed by atoms with Gasteiger partial charge in [0.15, 0.2) is 0 Å². The molecule has 4 heteroatoms. The number of hydrogen-bond donors (Lipinski definition) is 0. The Labute approximate surface area is 112 Å². The third-order valence-electron chi connectivity index (χ3n) is 4.96. The van der Waals surface area contributed by atoms with Gasteiger partial charge >= 0.3 is 0 Å². The Balaban J connectivity index is 1.49. The fraction of sp³-hybridized carbons (Fsp3) is 0.667. The van der Waals surface area contributed by atoms with Gasteiger partial charge in [0, 0.05) is 43.0 Å². The molecule has 2 aliphatic heterocycles. The van der Waals surface area contributed by atoms with Crippen LogP contribution < -0.4 is 0 Å². The highest BCUT2D eigenvalue weighted by Gasteiger charge is 2.60. The van der Waals surface area contributed by atoms with E-state index in [1.54, 1.807) is 6.26 Å². The molecule has 1 spiro atoms. The predicted molar refractivity (Wildman–Crippen MR) is 68.4 cm³/mol. The molecule has 19 heavy (non-hydrogen) atoms. The summed E-state index contributed by atoms with van der Waals surface area (Å²) >= 11 is 0. The van der Waals surface area contributed by atoms with Crippen molar-refractivity contribution in [1.82, 2.24) is 4.90 Å². The lowest BCUT2D eigenvalue weighted by molar-refractivity contribution is -0.134. The summed E-state index contributed by atoms with van der Waals surface area (Å²) in [4.78, 5) is 14.7. The number of furan rings is 1. The Morgan fingerprint density at radius 1 is 1.47 bits per heavy atom. The number of carbonyl (C=O) groups excluding carboxylic acids is 1. The highest BCUT2D eigenvalue weighted by atomic mass is 16.5. The molecule has 1 aromatic heterocycles. The maximum absolute atomic E-state index is 12.6. The largest absolute Gasteiger partial charge is 0.469 e. The summed E-state index contributed by atoms with van der Waals surface area (Å²) in [6.07, 6.45) is 5.78.